The van der Waals surface area contributed by atoms with Gasteiger partial charge in [0.05, 0.1) is 11.8 Å². The van der Waals surface area contributed by atoms with Gasteiger partial charge in [-0.25, -0.2) is 0 Å². The van der Waals surface area contributed by atoms with Crippen LogP contribution in [0.25, 0.3) is 0 Å². The summed E-state index contributed by atoms with van der Waals surface area (Å²) in [6, 6.07) is 0. The molecule has 0 aliphatic heterocycles. The highest BCUT2D eigenvalue weighted by Crippen LogP contribution is 2.29. The number of unbranched alkanes of at least 4 members (excludes halogenated alkanes) is 2. The molecule has 1 aliphatic carbocycles. The average molecular weight is 337 g/mol. The monoisotopic (exact) mass is 336 g/mol. The lowest BCUT2D eigenvalue weighted by Gasteiger charge is -2.34. The predicted molar refractivity (Wildman–Crippen MR) is 99.7 cm³/mol. The van der Waals surface area contributed by atoms with Crippen LogP contribution in [-0.2, 0) is 9.59 Å². The van der Waals surface area contributed by atoms with Gasteiger partial charge >= 0.3 is 0 Å². The quantitative estimate of drug-likeness (QED) is 0.568. The Morgan fingerprint density at radius 3 is 1.58 bits per heavy atom. The van der Waals surface area contributed by atoms with Crippen LogP contribution in [0.15, 0.2) is 12.2 Å². The van der Waals surface area contributed by atoms with Gasteiger partial charge in [-0.1, -0.05) is 38.8 Å². The maximum absolute atomic E-state index is 13.1. The first-order valence-corrected chi connectivity index (χ1v) is 9.83. The van der Waals surface area contributed by atoms with Gasteiger partial charge in [0.2, 0.25) is 11.8 Å². The molecule has 0 radical (unpaired) electrons. The summed E-state index contributed by atoms with van der Waals surface area (Å²) in [5.74, 6) is -0.0367. The Morgan fingerprint density at radius 1 is 0.792 bits per heavy atom. The van der Waals surface area contributed by atoms with E-state index in [1.165, 1.54) is 0 Å². The average Bonchev–Trinajstić information content (AvgIpc) is 2.62. The van der Waals surface area contributed by atoms with Crippen LogP contribution in [0, 0.1) is 11.8 Å². The molecular weight excluding hydrogens is 300 g/mol. The van der Waals surface area contributed by atoms with E-state index in [-0.39, 0.29) is 23.7 Å². The lowest BCUT2D eigenvalue weighted by Crippen LogP contribution is -2.46. The van der Waals surface area contributed by atoms with E-state index in [4.69, 9.17) is 0 Å². The van der Waals surface area contributed by atoms with Crippen LogP contribution >= 0.6 is 0 Å². The van der Waals surface area contributed by atoms with Crippen molar-refractivity contribution >= 4 is 11.8 Å². The number of allylic oxidation sites excluding steroid dienone is 2. The van der Waals surface area contributed by atoms with Crippen LogP contribution < -0.4 is 0 Å². The highest BCUT2D eigenvalue weighted by Gasteiger charge is 2.37. The third-order valence-corrected chi connectivity index (χ3v) is 5.02. The van der Waals surface area contributed by atoms with E-state index < -0.39 is 0 Å². The number of nitrogens with zero attached hydrogens (tertiary/aromatic N) is 2. The summed E-state index contributed by atoms with van der Waals surface area (Å²) in [6.45, 7) is 11.4. The minimum Gasteiger partial charge on any atom is -0.343 e. The smallest absolute Gasteiger partial charge is 0.226 e. The number of amides is 2. The zero-order valence-corrected chi connectivity index (χ0v) is 16.1. The van der Waals surface area contributed by atoms with Gasteiger partial charge in [-0.2, -0.15) is 0 Å². The maximum atomic E-state index is 13.1. The standard InChI is InChI=1S/C20H36N2O2/c1-5-9-15-22(16-10-6-2)20(24)18-14-12-11-13-17(18)19(23)21(7-3)8-4/h11-12,17-18H,5-10,13-16H2,1-4H3. The molecule has 0 N–H and O–H groups in total. The number of carbonyl (C=O) groups is 2. The first-order valence-electron chi connectivity index (χ1n) is 9.83. The van der Waals surface area contributed by atoms with E-state index in [1.807, 2.05) is 23.6 Å². The van der Waals surface area contributed by atoms with Gasteiger partial charge in [-0.05, 0) is 39.5 Å². The fourth-order valence-corrected chi connectivity index (χ4v) is 3.39. The van der Waals surface area contributed by atoms with Crippen LogP contribution in [0.3, 0.4) is 0 Å². The molecule has 0 saturated heterocycles. The maximum Gasteiger partial charge on any atom is 0.226 e. The Morgan fingerprint density at radius 2 is 1.21 bits per heavy atom. The van der Waals surface area contributed by atoms with Crippen molar-refractivity contribution in [2.24, 2.45) is 11.8 Å². The van der Waals surface area contributed by atoms with Crippen LogP contribution in [0.2, 0.25) is 0 Å². The Bertz CT molecular complexity index is 408. The molecule has 2 amide bonds. The van der Waals surface area contributed by atoms with Gasteiger partial charge in [-0.15, -0.1) is 0 Å². The fourth-order valence-electron chi connectivity index (χ4n) is 3.39. The first kappa shape index (κ1) is 20.7. The van der Waals surface area contributed by atoms with Gasteiger partial charge in [0.15, 0.2) is 0 Å². The summed E-state index contributed by atoms with van der Waals surface area (Å²) >= 11 is 0. The van der Waals surface area contributed by atoms with Crippen molar-refractivity contribution in [3.05, 3.63) is 12.2 Å². The van der Waals surface area contributed by atoms with Gasteiger partial charge in [0, 0.05) is 26.2 Å². The molecule has 1 rings (SSSR count). The van der Waals surface area contributed by atoms with Crippen molar-refractivity contribution in [1.29, 1.82) is 0 Å². The van der Waals surface area contributed by atoms with Crippen molar-refractivity contribution in [2.75, 3.05) is 26.2 Å². The molecule has 0 fully saturated rings. The zero-order chi connectivity index (χ0) is 17.9. The van der Waals surface area contributed by atoms with E-state index in [9.17, 15) is 9.59 Å². The van der Waals surface area contributed by atoms with Crippen molar-refractivity contribution in [1.82, 2.24) is 9.80 Å². The van der Waals surface area contributed by atoms with Crippen molar-refractivity contribution in [3.8, 4) is 0 Å². The molecule has 0 bridgehead atoms. The SMILES string of the molecule is CCCCN(CCCC)C(=O)C1CC=CCC1C(=O)N(CC)CC. The summed E-state index contributed by atoms with van der Waals surface area (Å²) in [6.07, 6.45) is 9.78. The Hall–Kier alpha value is -1.32. The second-order valence-electron chi connectivity index (χ2n) is 6.70. The van der Waals surface area contributed by atoms with Crippen molar-refractivity contribution in [3.63, 3.8) is 0 Å². The molecule has 0 aromatic rings. The fraction of sp³-hybridized carbons (Fsp3) is 0.800. The topological polar surface area (TPSA) is 40.6 Å². The van der Waals surface area contributed by atoms with Crippen LogP contribution in [-0.4, -0.2) is 47.8 Å². The number of hydrogen-bond acceptors (Lipinski definition) is 2. The van der Waals surface area contributed by atoms with E-state index in [1.54, 1.807) is 0 Å². The van der Waals surface area contributed by atoms with E-state index >= 15 is 0 Å². The molecule has 0 aromatic carbocycles. The second kappa shape index (κ2) is 11.3. The van der Waals surface area contributed by atoms with Gasteiger partial charge < -0.3 is 9.80 Å². The Balaban J connectivity index is 2.88. The molecular formula is C20H36N2O2. The molecule has 1 aliphatic rings. The molecule has 2 atom stereocenters. The van der Waals surface area contributed by atoms with E-state index in [2.05, 4.69) is 26.0 Å². The number of hydrogen-bond donors (Lipinski definition) is 0. The Kier molecular flexibility index (Phi) is 9.73. The third kappa shape index (κ3) is 5.64. The molecule has 4 nitrogen and oxygen atoms in total. The zero-order valence-electron chi connectivity index (χ0n) is 16.1. The third-order valence-electron chi connectivity index (χ3n) is 5.02. The first-order chi connectivity index (χ1) is 11.6. The van der Waals surface area contributed by atoms with Crippen molar-refractivity contribution < 1.29 is 9.59 Å². The summed E-state index contributed by atoms with van der Waals surface area (Å²) in [4.78, 5) is 29.9. The largest absolute Gasteiger partial charge is 0.343 e. The summed E-state index contributed by atoms with van der Waals surface area (Å²) in [5, 5.41) is 0. The highest BCUT2D eigenvalue weighted by molar-refractivity contribution is 5.88. The van der Waals surface area contributed by atoms with Gasteiger partial charge in [-0.3, -0.25) is 9.59 Å². The molecule has 24 heavy (non-hydrogen) atoms. The second-order valence-corrected chi connectivity index (χ2v) is 6.70. The molecule has 0 aromatic heterocycles. The summed E-state index contributed by atoms with van der Waals surface area (Å²) < 4.78 is 0. The minimum atomic E-state index is -0.187. The van der Waals surface area contributed by atoms with Crippen LogP contribution in [0.1, 0.15) is 66.2 Å². The van der Waals surface area contributed by atoms with Gasteiger partial charge in [0.25, 0.3) is 0 Å². The van der Waals surface area contributed by atoms with Gasteiger partial charge in [0.1, 0.15) is 0 Å². The lowest BCUT2D eigenvalue weighted by molar-refractivity contribution is -0.146. The summed E-state index contributed by atoms with van der Waals surface area (Å²) in [5.41, 5.74) is 0. The van der Waals surface area contributed by atoms with Crippen LogP contribution in [0.5, 0.6) is 0 Å². The number of carbonyl (C=O) groups excluding carboxylic acids is 2. The minimum absolute atomic E-state index is 0.147. The normalized spacial score (nSPS) is 20.0. The van der Waals surface area contributed by atoms with Crippen LogP contribution in [0.4, 0.5) is 0 Å². The molecule has 0 saturated carbocycles. The van der Waals surface area contributed by atoms with E-state index in [0.717, 1.165) is 38.8 Å². The predicted octanol–water partition coefficient (Wildman–Crippen LogP) is 3.87. The lowest BCUT2D eigenvalue weighted by atomic mass is 9.81. The van der Waals surface area contributed by atoms with Crippen molar-refractivity contribution in [2.45, 2.75) is 66.2 Å². The summed E-state index contributed by atoms with van der Waals surface area (Å²) in [7, 11) is 0. The molecule has 0 spiro atoms. The van der Waals surface area contributed by atoms with E-state index in [0.29, 0.717) is 25.9 Å². The molecule has 138 valence electrons. The number of rotatable bonds is 10. The Labute approximate surface area is 148 Å². The highest BCUT2D eigenvalue weighted by atomic mass is 16.2. The molecule has 4 heteroatoms. The molecule has 0 heterocycles. The molecule has 2 unspecified atom stereocenters.